The van der Waals surface area contributed by atoms with Gasteiger partial charge in [-0.25, -0.2) is 0 Å². The molecule has 0 aromatic rings. The van der Waals surface area contributed by atoms with Crippen LogP contribution < -0.4 is 10.6 Å². The molecule has 1 heterocycles. The predicted molar refractivity (Wildman–Crippen MR) is 60.6 cm³/mol. The van der Waals surface area contributed by atoms with E-state index in [0.717, 1.165) is 50.7 Å². The third kappa shape index (κ3) is 4.20. The van der Waals surface area contributed by atoms with Gasteiger partial charge in [-0.3, -0.25) is 4.79 Å². The molecular weight excluding hydrogens is 188 g/mol. The molecule has 0 bridgehead atoms. The van der Waals surface area contributed by atoms with Crippen LogP contribution in [-0.4, -0.2) is 25.5 Å². The molecule has 2 fully saturated rings. The Morgan fingerprint density at radius 1 is 1.20 bits per heavy atom. The smallest absolute Gasteiger partial charge is 0.220 e. The van der Waals surface area contributed by atoms with E-state index in [2.05, 4.69) is 10.6 Å². The molecule has 3 heteroatoms. The molecule has 1 unspecified atom stereocenters. The van der Waals surface area contributed by atoms with Crippen molar-refractivity contribution in [2.75, 3.05) is 19.6 Å². The third-order valence-electron chi connectivity index (χ3n) is 3.51. The highest BCUT2D eigenvalue weighted by Crippen LogP contribution is 2.33. The Morgan fingerprint density at radius 2 is 2.07 bits per heavy atom. The second-order valence-electron chi connectivity index (χ2n) is 4.98. The quantitative estimate of drug-likeness (QED) is 0.693. The van der Waals surface area contributed by atoms with Gasteiger partial charge in [-0.1, -0.05) is 12.8 Å². The van der Waals surface area contributed by atoms with Crippen LogP contribution in [0.1, 0.15) is 38.5 Å². The SMILES string of the molecule is O=C(CCC1CC1)NCCC1CCNC1. The standard InChI is InChI=1S/C12H22N2O/c15-12(4-3-10-1-2-10)14-8-6-11-5-7-13-9-11/h10-11,13H,1-9H2,(H,14,15). The fourth-order valence-electron chi connectivity index (χ4n) is 2.21. The molecule has 1 aliphatic carbocycles. The van der Waals surface area contributed by atoms with Gasteiger partial charge >= 0.3 is 0 Å². The second-order valence-corrected chi connectivity index (χ2v) is 4.98. The molecule has 1 aliphatic heterocycles. The van der Waals surface area contributed by atoms with Gasteiger partial charge in [-0.2, -0.15) is 0 Å². The minimum absolute atomic E-state index is 0.257. The summed E-state index contributed by atoms with van der Waals surface area (Å²) in [5, 5.41) is 6.37. The maximum atomic E-state index is 11.4. The van der Waals surface area contributed by atoms with Crippen molar-refractivity contribution in [1.82, 2.24) is 10.6 Å². The summed E-state index contributed by atoms with van der Waals surface area (Å²) < 4.78 is 0. The van der Waals surface area contributed by atoms with Crippen LogP contribution >= 0.6 is 0 Å². The predicted octanol–water partition coefficient (Wildman–Crippen LogP) is 1.29. The zero-order valence-electron chi connectivity index (χ0n) is 9.43. The summed E-state index contributed by atoms with van der Waals surface area (Å²) in [4.78, 5) is 11.4. The van der Waals surface area contributed by atoms with Crippen LogP contribution in [0, 0.1) is 11.8 Å². The monoisotopic (exact) mass is 210 g/mol. The van der Waals surface area contributed by atoms with Gasteiger partial charge in [0.1, 0.15) is 0 Å². The van der Waals surface area contributed by atoms with Crippen molar-refractivity contribution in [3.05, 3.63) is 0 Å². The van der Waals surface area contributed by atoms with Crippen LogP contribution in [0.2, 0.25) is 0 Å². The van der Waals surface area contributed by atoms with E-state index in [4.69, 9.17) is 0 Å². The van der Waals surface area contributed by atoms with Gasteiger partial charge in [-0.15, -0.1) is 0 Å². The number of hydrogen-bond acceptors (Lipinski definition) is 2. The Morgan fingerprint density at radius 3 is 2.73 bits per heavy atom. The van der Waals surface area contributed by atoms with E-state index in [1.54, 1.807) is 0 Å². The van der Waals surface area contributed by atoms with Gasteiger partial charge in [-0.05, 0) is 44.2 Å². The van der Waals surface area contributed by atoms with E-state index < -0.39 is 0 Å². The number of hydrogen-bond donors (Lipinski definition) is 2. The molecule has 15 heavy (non-hydrogen) atoms. The summed E-state index contributed by atoms with van der Waals surface area (Å²) in [7, 11) is 0. The lowest BCUT2D eigenvalue weighted by Gasteiger charge is -2.09. The molecule has 0 spiro atoms. The number of carbonyl (C=O) groups excluding carboxylic acids is 1. The average Bonchev–Trinajstić information content (AvgIpc) is 2.92. The second kappa shape index (κ2) is 5.50. The topological polar surface area (TPSA) is 41.1 Å². The van der Waals surface area contributed by atoms with E-state index in [-0.39, 0.29) is 5.91 Å². The van der Waals surface area contributed by atoms with Crippen molar-refractivity contribution in [1.29, 1.82) is 0 Å². The first kappa shape index (κ1) is 10.9. The molecule has 86 valence electrons. The molecule has 1 saturated heterocycles. The minimum atomic E-state index is 0.257. The number of nitrogens with one attached hydrogen (secondary N) is 2. The summed E-state index contributed by atoms with van der Waals surface area (Å²) in [6, 6.07) is 0. The molecule has 0 radical (unpaired) electrons. The van der Waals surface area contributed by atoms with Crippen molar-refractivity contribution >= 4 is 5.91 Å². The first-order chi connectivity index (χ1) is 7.34. The normalized spacial score (nSPS) is 25.5. The zero-order chi connectivity index (χ0) is 10.5. The largest absolute Gasteiger partial charge is 0.356 e. The van der Waals surface area contributed by atoms with Crippen molar-refractivity contribution in [3.63, 3.8) is 0 Å². The van der Waals surface area contributed by atoms with Gasteiger partial charge in [0.15, 0.2) is 0 Å². The Bertz CT molecular complexity index is 208. The lowest BCUT2D eigenvalue weighted by Crippen LogP contribution is -2.26. The summed E-state index contributed by atoms with van der Waals surface area (Å²) >= 11 is 0. The van der Waals surface area contributed by atoms with Crippen LogP contribution in [-0.2, 0) is 4.79 Å². The van der Waals surface area contributed by atoms with Gasteiger partial charge in [0, 0.05) is 13.0 Å². The highest BCUT2D eigenvalue weighted by Gasteiger charge is 2.21. The zero-order valence-corrected chi connectivity index (χ0v) is 9.43. The summed E-state index contributed by atoms with van der Waals surface area (Å²) in [6.45, 7) is 3.16. The fraction of sp³-hybridized carbons (Fsp3) is 0.917. The molecule has 1 amide bonds. The van der Waals surface area contributed by atoms with Crippen molar-refractivity contribution in [3.8, 4) is 0 Å². The summed E-state index contributed by atoms with van der Waals surface area (Å²) in [6.07, 6.45) is 6.96. The first-order valence-corrected chi connectivity index (χ1v) is 6.32. The molecule has 2 rings (SSSR count). The molecule has 1 atom stereocenters. The molecule has 0 aromatic heterocycles. The van der Waals surface area contributed by atoms with Crippen LogP contribution in [0.4, 0.5) is 0 Å². The maximum absolute atomic E-state index is 11.4. The molecule has 1 saturated carbocycles. The van der Waals surface area contributed by atoms with Crippen molar-refractivity contribution in [2.45, 2.75) is 38.5 Å². The average molecular weight is 210 g/mol. The molecule has 0 aromatic carbocycles. The minimum Gasteiger partial charge on any atom is -0.356 e. The lowest BCUT2D eigenvalue weighted by atomic mass is 10.1. The molecule has 3 nitrogen and oxygen atoms in total. The Hall–Kier alpha value is -0.570. The van der Waals surface area contributed by atoms with E-state index >= 15 is 0 Å². The Kier molecular flexibility index (Phi) is 4.01. The number of rotatable bonds is 6. The lowest BCUT2D eigenvalue weighted by molar-refractivity contribution is -0.121. The van der Waals surface area contributed by atoms with Crippen molar-refractivity contribution < 1.29 is 4.79 Å². The summed E-state index contributed by atoms with van der Waals surface area (Å²) in [5.41, 5.74) is 0. The van der Waals surface area contributed by atoms with Gasteiger partial charge in [0.05, 0.1) is 0 Å². The highest BCUT2D eigenvalue weighted by atomic mass is 16.1. The molecular formula is C12H22N2O. The summed E-state index contributed by atoms with van der Waals surface area (Å²) in [5.74, 6) is 1.91. The van der Waals surface area contributed by atoms with Crippen LogP contribution in [0.3, 0.4) is 0 Å². The first-order valence-electron chi connectivity index (χ1n) is 6.32. The van der Waals surface area contributed by atoms with E-state index in [1.807, 2.05) is 0 Å². The van der Waals surface area contributed by atoms with Crippen LogP contribution in [0.5, 0.6) is 0 Å². The maximum Gasteiger partial charge on any atom is 0.220 e. The Labute approximate surface area is 92.0 Å². The van der Waals surface area contributed by atoms with E-state index in [1.165, 1.54) is 19.3 Å². The number of carbonyl (C=O) groups is 1. The van der Waals surface area contributed by atoms with Gasteiger partial charge < -0.3 is 10.6 Å². The fourth-order valence-corrected chi connectivity index (χ4v) is 2.21. The Balaban J connectivity index is 1.46. The van der Waals surface area contributed by atoms with E-state index in [0.29, 0.717) is 0 Å². The third-order valence-corrected chi connectivity index (χ3v) is 3.51. The van der Waals surface area contributed by atoms with Gasteiger partial charge in [0.2, 0.25) is 5.91 Å². The van der Waals surface area contributed by atoms with Crippen molar-refractivity contribution in [2.24, 2.45) is 11.8 Å². The molecule has 2 N–H and O–H groups in total. The van der Waals surface area contributed by atoms with Gasteiger partial charge in [0.25, 0.3) is 0 Å². The van der Waals surface area contributed by atoms with Crippen LogP contribution in [0.15, 0.2) is 0 Å². The molecule has 2 aliphatic rings. The van der Waals surface area contributed by atoms with Crippen LogP contribution in [0.25, 0.3) is 0 Å². The number of amides is 1. The van der Waals surface area contributed by atoms with E-state index in [9.17, 15) is 4.79 Å². The highest BCUT2D eigenvalue weighted by molar-refractivity contribution is 5.75.